The topological polar surface area (TPSA) is 59.5 Å². The van der Waals surface area contributed by atoms with Crippen LogP contribution in [-0.4, -0.2) is 38.3 Å². The summed E-state index contributed by atoms with van der Waals surface area (Å²) >= 11 is 0. The van der Waals surface area contributed by atoms with Crippen molar-refractivity contribution in [2.75, 3.05) is 38.5 Å². The summed E-state index contributed by atoms with van der Waals surface area (Å²) in [6, 6.07) is 7.65. The molecule has 0 radical (unpaired) electrons. The minimum Gasteiger partial charge on any atom is -0.493 e. The van der Waals surface area contributed by atoms with Gasteiger partial charge in [-0.2, -0.15) is 4.98 Å². The van der Waals surface area contributed by atoms with E-state index < -0.39 is 0 Å². The van der Waals surface area contributed by atoms with Crippen molar-refractivity contribution in [2.45, 2.75) is 6.54 Å². The molecule has 0 bridgehead atoms. The third-order valence-electron chi connectivity index (χ3n) is 3.00. The zero-order chi connectivity index (χ0) is 15.2. The SMILES string of the molecule is COc1ccc(CNc2nccc(N(C)C)n2)cc1OC. The summed E-state index contributed by atoms with van der Waals surface area (Å²) in [5, 5.41) is 3.20. The highest BCUT2D eigenvalue weighted by Crippen LogP contribution is 2.27. The normalized spacial score (nSPS) is 10.1. The number of anilines is 2. The van der Waals surface area contributed by atoms with Gasteiger partial charge in [-0.1, -0.05) is 6.07 Å². The largest absolute Gasteiger partial charge is 0.493 e. The number of nitrogens with zero attached hydrogens (tertiary/aromatic N) is 3. The molecule has 1 aromatic carbocycles. The van der Waals surface area contributed by atoms with Gasteiger partial charge in [0.05, 0.1) is 14.2 Å². The van der Waals surface area contributed by atoms with Gasteiger partial charge < -0.3 is 19.7 Å². The maximum atomic E-state index is 5.29. The molecule has 1 aromatic heterocycles. The lowest BCUT2D eigenvalue weighted by Crippen LogP contribution is -2.12. The van der Waals surface area contributed by atoms with Gasteiger partial charge in [-0.3, -0.25) is 0 Å². The molecule has 6 heteroatoms. The first kappa shape index (κ1) is 14.9. The monoisotopic (exact) mass is 288 g/mol. The molecule has 1 heterocycles. The summed E-state index contributed by atoms with van der Waals surface area (Å²) in [5.41, 5.74) is 1.06. The summed E-state index contributed by atoms with van der Waals surface area (Å²) in [7, 11) is 7.13. The number of ether oxygens (including phenoxy) is 2. The van der Waals surface area contributed by atoms with Gasteiger partial charge in [-0.05, 0) is 23.8 Å². The standard InChI is InChI=1S/C15H20N4O2/c1-19(2)14-7-8-16-15(18-14)17-10-11-5-6-12(20-3)13(9-11)21-4/h5-9H,10H2,1-4H3,(H,16,17,18). The number of methoxy groups -OCH3 is 2. The van der Waals surface area contributed by atoms with Crippen LogP contribution in [0.25, 0.3) is 0 Å². The Labute approximate surface area is 124 Å². The molecule has 0 saturated heterocycles. The molecule has 0 amide bonds. The quantitative estimate of drug-likeness (QED) is 0.879. The van der Waals surface area contributed by atoms with Gasteiger partial charge in [0.25, 0.3) is 0 Å². The number of hydrogen-bond donors (Lipinski definition) is 1. The molecule has 2 aromatic rings. The average Bonchev–Trinajstić information content (AvgIpc) is 2.52. The summed E-state index contributed by atoms with van der Waals surface area (Å²) in [5.74, 6) is 2.88. The molecule has 0 aliphatic heterocycles. The highest BCUT2D eigenvalue weighted by Gasteiger charge is 2.05. The third-order valence-corrected chi connectivity index (χ3v) is 3.00. The van der Waals surface area contributed by atoms with Crippen molar-refractivity contribution in [3.05, 3.63) is 36.0 Å². The molecule has 112 valence electrons. The van der Waals surface area contributed by atoms with E-state index in [1.807, 2.05) is 43.3 Å². The fourth-order valence-corrected chi connectivity index (χ4v) is 1.86. The van der Waals surface area contributed by atoms with Gasteiger partial charge in [-0.25, -0.2) is 4.98 Å². The van der Waals surface area contributed by atoms with Crippen LogP contribution in [0.5, 0.6) is 11.5 Å². The fraction of sp³-hybridized carbons (Fsp3) is 0.333. The van der Waals surface area contributed by atoms with E-state index in [2.05, 4.69) is 15.3 Å². The van der Waals surface area contributed by atoms with Gasteiger partial charge in [0.15, 0.2) is 11.5 Å². The van der Waals surface area contributed by atoms with Crippen LogP contribution in [0.15, 0.2) is 30.5 Å². The van der Waals surface area contributed by atoms with Crippen molar-refractivity contribution in [3.63, 3.8) is 0 Å². The van der Waals surface area contributed by atoms with Crippen molar-refractivity contribution in [1.82, 2.24) is 9.97 Å². The molecular weight excluding hydrogens is 268 g/mol. The van der Waals surface area contributed by atoms with Crippen molar-refractivity contribution in [1.29, 1.82) is 0 Å². The lowest BCUT2D eigenvalue weighted by molar-refractivity contribution is 0.354. The Bertz CT molecular complexity index is 602. The Morgan fingerprint density at radius 2 is 1.86 bits per heavy atom. The molecular formula is C15H20N4O2. The lowest BCUT2D eigenvalue weighted by Gasteiger charge is -2.13. The van der Waals surface area contributed by atoms with Crippen LogP contribution in [-0.2, 0) is 6.54 Å². The Balaban J connectivity index is 2.07. The van der Waals surface area contributed by atoms with E-state index in [1.54, 1.807) is 20.4 Å². The second kappa shape index (κ2) is 6.78. The fourth-order valence-electron chi connectivity index (χ4n) is 1.86. The van der Waals surface area contributed by atoms with Crippen LogP contribution in [0, 0.1) is 0 Å². The molecule has 0 aliphatic rings. The Kier molecular flexibility index (Phi) is 4.81. The number of aromatic nitrogens is 2. The van der Waals surface area contributed by atoms with Gasteiger partial charge in [0, 0.05) is 26.8 Å². The molecule has 21 heavy (non-hydrogen) atoms. The van der Waals surface area contributed by atoms with Crippen LogP contribution in [0.3, 0.4) is 0 Å². The first-order chi connectivity index (χ1) is 10.1. The lowest BCUT2D eigenvalue weighted by atomic mass is 10.2. The van der Waals surface area contributed by atoms with E-state index in [1.165, 1.54) is 0 Å². The van der Waals surface area contributed by atoms with Crippen LogP contribution < -0.4 is 19.7 Å². The Morgan fingerprint density at radius 3 is 2.52 bits per heavy atom. The van der Waals surface area contributed by atoms with Gasteiger partial charge in [-0.15, -0.1) is 0 Å². The van der Waals surface area contributed by atoms with E-state index in [9.17, 15) is 0 Å². The van der Waals surface area contributed by atoms with Crippen molar-refractivity contribution >= 4 is 11.8 Å². The molecule has 0 aliphatic carbocycles. The zero-order valence-electron chi connectivity index (χ0n) is 12.8. The van der Waals surface area contributed by atoms with Crippen LogP contribution in [0.2, 0.25) is 0 Å². The molecule has 0 spiro atoms. The van der Waals surface area contributed by atoms with E-state index in [-0.39, 0.29) is 0 Å². The molecule has 0 unspecified atom stereocenters. The number of nitrogens with one attached hydrogen (secondary N) is 1. The van der Waals surface area contributed by atoms with Crippen molar-refractivity contribution in [3.8, 4) is 11.5 Å². The molecule has 2 rings (SSSR count). The second-order valence-corrected chi connectivity index (χ2v) is 4.68. The van der Waals surface area contributed by atoms with Gasteiger partial charge in [0.1, 0.15) is 5.82 Å². The van der Waals surface area contributed by atoms with Crippen molar-refractivity contribution in [2.24, 2.45) is 0 Å². The third kappa shape index (κ3) is 3.75. The number of rotatable bonds is 6. The Morgan fingerprint density at radius 1 is 1.10 bits per heavy atom. The molecule has 0 saturated carbocycles. The summed E-state index contributed by atoms with van der Waals surface area (Å²) in [6.07, 6.45) is 1.74. The summed E-state index contributed by atoms with van der Waals surface area (Å²) in [4.78, 5) is 10.6. The molecule has 6 nitrogen and oxygen atoms in total. The molecule has 1 N–H and O–H groups in total. The van der Waals surface area contributed by atoms with E-state index in [0.717, 1.165) is 11.4 Å². The highest BCUT2D eigenvalue weighted by molar-refractivity contribution is 5.45. The average molecular weight is 288 g/mol. The number of hydrogen-bond acceptors (Lipinski definition) is 6. The maximum Gasteiger partial charge on any atom is 0.224 e. The molecule has 0 fully saturated rings. The minimum absolute atomic E-state index is 0.594. The van der Waals surface area contributed by atoms with Crippen LogP contribution in [0.4, 0.5) is 11.8 Å². The first-order valence-corrected chi connectivity index (χ1v) is 6.59. The zero-order valence-corrected chi connectivity index (χ0v) is 12.8. The van der Waals surface area contributed by atoms with Crippen molar-refractivity contribution < 1.29 is 9.47 Å². The first-order valence-electron chi connectivity index (χ1n) is 6.59. The van der Waals surface area contributed by atoms with E-state index >= 15 is 0 Å². The maximum absolute atomic E-state index is 5.29. The predicted octanol–water partition coefficient (Wildman–Crippen LogP) is 2.17. The Hall–Kier alpha value is -2.50. The van der Waals surface area contributed by atoms with E-state index in [0.29, 0.717) is 24.0 Å². The second-order valence-electron chi connectivity index (χ2n) is 4.68. The molecule has 0 atom stereocenters. The van der Waals surface area contributed by atoms with Gasteiger partial charge in [0.2, 0.25) is 5.95 Å². The van der Waals surface area contributed by atoms with Gasteiger partial charge >= 0.3 is 0 Å². The number of benzene rings is 1. The minimum atomic E-state index is 0.594. The smallest absolute Gasteiger partial charge is 0.224 e. The van der Waals surface area contributed by atoms with Crippen LogP contribution >= 0.6 is 0 Å². The predicted molar refractivity (Wildman–Crippen MR) is 83.2 cm³/mol. The van der Waals surface area contributed by atoms with E-state index in [4.69, 9.17) is 9.47 Å². The summed E-state index contributed by atoms with van der Waals surface area (Å²) < 4.78 is 10.5. The van der Waals surface area contributed by atoms with Crippen LogP contribution in [0.1, 0.15) is 5.56 Å². The summed E-state index contributed by atoms with van der Waals surface area (Å²) in [6.45, 7) is 0.608. The highest BCUT2D eigenvalue weighted by atomic mass is 16.5.